The van der Waals surface area contributed by atoms with E-state index in [1.54, 1.807) is 20.8 Å². The number of sulfonamides is 1. The number of carbonyl (C=O) groups excluding carboxylic acids is 1. The van der Waals surface area contributed by atoms with Gasteiger partial charge in [-0.15, -0.1) is 0 Å². The van der Waals surface area contributed by atoms with Crippen LogP contribution in [0.2, 0.25) is 0 Å². The molecule has 0 aromatic heterocycles. The molecule has 1 amide bonds. The fraction of sp³-hybridized carbons (Fsp3) is 0.500. The van der Waals surface area contributed by atoms with E-state index in [9.17, 15) is 23.3 Å². The van der Waals surface area contributed by atoms with Gasteiger partial charge in [0.1, 0.15) is 5.69 Å². The molecule has 1 rings (SSSR count). The lowest BCUT2D eigenvalue weighted by molar-refractivity contribution is -0.384. The molecule has 10 heteroatoms. The molecular formula is C14H22N4O5S. The van der Waals surface area contributed by atoms with Crippen LogP contribution in [0.1, 0.15) is 20.8 Å². The van der Waals surface area contributed by atoms with E-state index in [4.69, 9.17) is 0 Å². The molecule has 0 aliphatic heterocycles. The van der Waals surface area contributed by atoms with Gasteiger partial charge in [0.15, 0.2) is 0 Å². The van der Waals surface area contributed by atoms with Crippen LogP contribution in [0.4, 0.5) is 11.4 Å². The largest absolute Gasteiger partial charge is 0.360 e. The molecule has 2 N–H and O–H groups in total. The molecule has 134 valence electrons. The van der Waals surface area contributed by atoms with E-state index in [-0.39, 0.29) is 23.0 Å². The molecule has 0 spiro atoms. The Morgan fingerprint density at radius 2 is 1.92 bits per heavy atom. The molecule has 9 nitrogen and oxygen atoms in total. The zero-order chi connectivity index (χ0) is 18.7. The number of hydrogen-bond acceptors (Lipinski definition) is 6. The maximum atomic E-state index is 12.3. The van der Waals surface area contributed by atoms with Crippen molar-refractivity contribution in [2.75, 3.05) is 25.5 Å². The quantitative estimate of drug-likeness (QED) is 0.574. The van der Waals surface area contributed by atoms with E-state index in [1.807, 2.05) is 0 Å². The van der Waals surface area contributed by atoms with Crippen molar-refractivity contribution in [1.82, 2.24) is 10.0 Å². The molecular weight excluding hydrogens is 336 g/mol. The average molecular weight is 358 g/mol. The summed E-state index contributed by atoms with van der Waals surface area (Å²) < 4.78 is 27.1. The molecule has 0 heterocycles. The normalized spacial score (nSPS) is 11.9. The van der Waals surface area contributed by atoms with E-state index in [0.29, 0.717) is 0 Å². The van der Waals surface area contributed by atoms with Crippen molar-refractivity contribution in [3.8, 4) is 0 Å². The molecule has 0 saturated heterocycles. The van der Waals surface area contributed by atoms with Crippen molar-refractivity contribution < 1.29 is 18.1 Å². The number of anilines is 1. The maximum Gasteiger partial charge on any atom is 0.293 e. The van der Waals surface area contributed by atoms with E-state index < -0.39 is 26.2 Å². The van der Waals surface area contributed by atoms with Gasteiger partial charge >= 0.3 is 0 Å². The number of nitrogens with zero attached hydrogens (tertiary/aromatic N) is 2. The highest BCUT2D eigenvalue weighted by Gasteiger charge is 2.26. The maximum absolute atomic E-state index is 12.3. The number of nitro groups is 1. The Morgan fingerprint density at radius 1 is 1.33 bits per heavy atom. The Bertz CT molecular complexity index is 740. The molecule has 0 aliphatic carbocycles. The number of nitrogens with one attached hydrogen (secondary N) is 2. The Hall–Kier alpha value is -2.20. The van der Waals surface area contributed by atoms with Crippen LogP contribution >= 0.6 is 0 Å². The summed E-state index contributed by atoms with van der Waals surface area (Å²) in [5.41, 5.74) is -0.959. The minimum absolute atomic E-state index is 0.0936. The van der Waals surface area contributed by atoms with Crippen LogP contribution in [-0.2, 0) is 14.8 Å². The van der Waals surface area contributed by atoms with Crippen molar-refractivity contribution in [3.63, 3.8) is 0 Å². The Balaban J connectivity index is 3.30. The van der Waals surface area contributed by atoms with E-state index >= 15 is 0 Å². The lowest BCUT2D eigenvalue weighted by Gasteiger charge is -2.21. The van der Waals surface area contributed by atoms with Crippen LogP contribution in [-0.4, -0.2) is 45.4 Å². The second-order valence-corrected chi connectivity index (χ2v) is 7.97. The second kappa shape index (κ2) is 7.14. The van der Waals surface area contributed by atoms with Gasteiger partial charge in [0, 0.05) is 25.7 Å². The molecule has 1 aromatic carbocycles. The molecule has 24 heavy (non-hydrogen) atoms. The van der Waals surface area contributed by atoms with Crippen molar-refractivity contribution in [2.24, 2.45) is 0 Å². The summed E-state index contributed by atoms with van der Waals surface area (Å²) >= 11 is 0. The summed E-state index contributed by atoms with van der Waals surface area (Å²) in [7, 11) is -0.927. The van der Waals surface area contributed by atoms with Crippen molar-refractivity contribution in [2.45, 2.75) is 31.2 Å². The summed E-state index contributed by atoms with van der Waals surface area (Å²) in [6, 6.07) is 3.58. The van der Waals surface area contributed by atoms with Crippen LogP contribution in [0.5, 0.6) is 0 Å². The standard InChI is InChI=1S/C14H22N4O5S/c1-14(2,3)16-24(22,23)10-6-7-11(12(8-10)18(20)21)17(5)9-13(19)15-4/h6-8,16H,9H2,1-5H3,(H,15,19). The van der Waals surface area contributed by atoms with Gasteiger partial charge in [-0.05, 0) is 32.9 Å². The summed E-state index contributed by atoms with van der Waals surface area (Å²) in [5, 5.41) is 13.7. The molecule has 0 radical (unpaired) electrons. The number of likely N-dealkylation sites (N-methyl/N-ethyl adjacent to an activating group) is 2. The molecule has 0 unspecified atom stereocenters. The summed E-state index contributed by atoms with van der Waals surface area (Å²) in [6.45, 7) is 4.92. The highest BCUT2D eigenvalue weighted by Crippen LogP contribution is 2.30. The number of rotatable bonds is 6. The Labute approximate surface area is 141 Å². The fourth-order valence-corrected chi connectivity index (χ4v) is 3.42. The number of benzene rings is 1. The lowest BCUT2D eigenvalue weighted by atomic mass is 10.1. The predicted octanol–water partition coefficient (Wildman–Crippen LogP) is 0.854. The van der Waals surface area contributed by atoms with E-state index in [1.165, 1.54) is 31.1 Å². The first-order valence-electron chi connectivity index (χ1n) is 7.11. The highest BCUT2D eigenvalue weighted by atomic mass is 32.2. The topological polar surface area (TPSA) is 122 Å². The van der Waals surface area contributed by atoms with Crippen molar-refractivity contribution >= 4 is 27.3 Å². The average Bonchev–Trinajstić information content (AvgIpc) is 2.43. The Morgan fingerprint density at radius 3 is 2.38 bits per heavy atom. The van der Waals surface area contributed by atoms with Crippen molar-refractivity contribution in [3.05, 3.63) is 28.3 Å². The SMILES string of the molecule is CNC(=O)CN(C)c1ccc(S(=O)(=O)NC(C)(C)C)cc1[N+](=O)[O-]. The zero-order valence-electron chi connectivity index (χ0n) is 14.3. The highest BCUT2D eigenvalue weighted by molar-refractivity contribution is 7.89. The van der Waals surface area contributed by atoms with Gasteiger partial charge in [0.25, 0.3) is 5.69 Å². The van der Waals surface area contributed by atoms with Crippen molar-refractivity contribution in [1.29, 1.82) is 0 Å². The number of amides is 1. The monoisotopic (exact) mass is 358 g/mol. The van der Waals surface area contributed by atoms with Gasteiger partial charge < -0.3 is 10.2 Å². The van der Waals surface area contributed by atoms with Crippen LogP contribution < -0.4 is 14.9 Å². The lowest BCUT2D eigenvalue weighted by Crippen LogP contribution is -2.40. The predicted molar refractivity (Wildman–Crippen MR) is 90.5 cm³/mol. The minimum Gasteiger partial charge on any atom is -0.360 e. The van der Waals surface area contributed by atoms with Crippen LogP contribution in [0.25, 0.3) is 0 Å². The number of carbonyl (C=O) groups is 1. The summed E-state index contributed by atoms with van der Waals surface area (Å²) in [6.07, 6.45) is 0. The molecule has 0 saturated carbocycles. The number of nitro benzene ring substituents is 1. The third-order valence-corrected chi connectivity index (χ3v) is 4.72. The number of hydrogen-bond donors (Lipinski definition) is 2. The first kappa shape index (κ1) is 19.8. The van der Waals surface area contributed by atoms with E-state index in [2.05, 4.69) is 10.0 Å². The van der Waals surface area contributed by atoms with Gasteiger partial charge in [0.2, 0.25) is 15.9 Å². The van der Waals surface area contributed by atoms with Gasteiger partial charge in [-0.3, -0.25) is 14.9 Å². The second-order valence-electron chi connectivity index (χ2n) is 6.29. The van der Waals surface area contributed by atoms with Crippen LogP contribution in [0.3, 0.4) is 0 Å². The molecule has 0 atom stereocenters. The molecule has 1 aromatic rings. The molecule has 0 bridgehead atoms. The first-order chi connectivity index (χ1) is 10.9. The third kappa shape index (κ3) is 5.17. The fourth-order valence-electron chi connectivity index (χ4n) is 1.98. The van der Waals surface area contributed by atoms with Gasteiger partial charge in [-0.2, -0.15) is 0 Å². The minimum atomic E-state index is -3.90. The first-order valence-corrected chi connectivity index (χ1v) is 8.60. The van der Waals surface area contributed by atoms with Gasteiger partial charge in [-0.1, -0.05) is 0 Å². The van der Waals surface area contributed by atoms with Gasteiger partial charge in [-0.25, -0.2) is 13.1 Å². The summed E-state index contributed by atoms with van der Waals surface area (Å²) in [5.74, 6) is -0.321. The summed E-state index contributed by atoms with van der Waals surface area (Å²) in [4.78, 5) is 23.2. The van der Waals surface area contributed by atoms with Gasteiger partial charge in [0.05, 0.1) is 16.4 Å². The third-order valence-electron chi connectivity index (χ3n) is 2.97. The smallest absolute Gasteiger partial charge is 0.293 e. The van der Waals surface area contributed by atoms with Crippen LogP contribution in [0.15, 0.2) is 23.1 Å². The Kier molecular flexibility index (Phi) is 5.90. The van der Waals surface area contributed by atoms with Crippen LogP contribution in [0, 0.1) is 10.1 Å². The molecule has 0 fully saturated rings. The van der Waals surface area contributed by atoms with E-state index in [0.717, 1.165) is 6.07 Å². The molecule has 0 aliphatic rings. The zero-order valence-corrected chi connectivity index (χ0v) is 15.1.